The van der Waals surface area contributed by atoms with Crippen LogP contribution in [0.4, 0.5) is 0 Å². The maximum atomic E-state index is 6.66. The van der Waals surface area contributed by atoms with Crippen LogP contribution in [0.5, 0.6) is 0 Å². The lowest BCUT2D eigenvalue weighted by molar-refractivity contribution is 0.162. The smallest absolute Gasteiger partial charge is 0.0685 e. The molecule has 4 unspecified atom stereocenters. The van der Waals surface area contributed by atoms with Crippen molar-refractivity contribution < 1.29 is 0 Å². The van der Waals surface area contributed by atoms with Gasteiger partial charge in [-0.25, -0.2) is 0 Å². The monoisotopic (exact) mass is 311 g/mol. The molecule has 1 aliphatic heterocycles. The van der Waals surface area contributed by atoms with Crippen LogP contribution in [0.2, 0.25) is 0 Å². The van der Waals surface area contributed by atoms with Crippen molar-refractivity contribution in [3.8, 4) is 0 Å². The number of benzene rings is 1. The van der Waals surface area contributed by atoms with Gasteiger partial charge in [0.2, 0.25) is 0 Å². The molecule has 2 heteroatoms. The minimum absolute atomic E-state index is 0.125. The van der Waals surface area contributed by atoms with Gasteiger partial charge in [0.1, 0.15) is 0 Å². The molecule has 4 aliphatic carbocycles. The van der Waals surface area contributed by atoms with Crippen LogP contribution in [0.25, 0.3) is 0 Å². The molecule has 5 aliphatic rings. The van der Waals surface area contributed by atoms with E-state index in [2.05, 4.69) is 50.1 Å². The largest absolute Gasteiger partial charge is 0.292 e. The van der Waals surface area contributed by atoms with Crippen molar-refractivity contribution in [2.45, 2.75) is 43.5 Å². The van der Waals surface area contributed by atoms with E-state index in [1.807, 2.05) is 0 Å². The minimum atomic E-state index is 0.125. The predicted octanol–water partition coefficient (Wildman–Crippen LogP) is 4.43. The van der Waals surface area contributed by atoms with Gasteiger partial charge in [-0.3, -0.25) is 4.90 Å². The molecule has 1 nitrogen and oxygen atoms in total. The number of likely N-dealkylation sites (tertiary alicyclic amines) is 1. The van der Waals surface area contributed by atoms with E-state index < -0.39 is 0 Å². The highest BCUT2D eigenvalue weighted by atomic mass is 35.5. The number of nitrogens with zero attached hydrogens (tertiary/aromatic N) is 1. The first kappa shape index (κ1) is 13.4. The second-order valence-corrected chi connectivity index (χ2v) is 8.14. The molecule has 4 atom stereocenters. The van der Waals surface area contributed by atoms with Crippen LogP contribution in [0.3, 0.4) is 0 Å². The van der Waals surface area contributed by atoms with Crippen molar-refractivity contribution in [2.24, 2.45) is 5.92 Å². The van der Waals surface area contributed by atoms with Crippen molar-refractivity contribution in [1.29, 1.82) is 0 Å². The number of alkyl halides is 1. The molecule has 1 spiro atoms. The van der Waals surface area contributed by atoms with Gasteiger partial charge >= 0.3 is 0 Å². The standard InChI is InChI=1S/C20H22ClN/c1-11-8-15-13-6-7-20(17(15)9-12(11)2)19-14(13)4-5-18(21)16(19)10-22(20)3/h4-5,8-9,13,16,18H,6-7,10H2,1-3H3. The molecule has 114 valence electrons. The van der Waals surface area contributed by atoms with Gasteiger partial charge in [0.15, 0.2) is 0 Å². The first-order chi connectivity index (χ1) is 10.5. The second kappa shape index (κ2) is 4.07. The SMILES string of the molecule is Cc1cc2c(cc1C)C13CCC2C2=C1C(CN3C)C(Cl)C=C2. The lowest BCUT2D eigenvalue weighted by Gasteiger charge is -2.52. The average molecular weight is 312 g/mol. The number of halogens is 1. The molecule has 1 heterocycles. The molecule has 2 bridgehead atoms. The third kappa shape index (κ3) is 1.32. The van der Waals surface area contributed by atoms with Gasteiger partial charge in [0, 0.05) is 18.4 Å². The molecule has 0 N–H and O–H groups in total. The van der Waals surface area contributed by atoms with Crippen LogP contribution >= 0.6 is 11.6 Å². The number of fused-ring (bicyclic) bond motifs is 1. The number of likely N-dealkylation sites (N-methyl/N-ethyl adjacent to an activating group) is 1. The Bertz CT molecular complexity index is 759. The van der Waals surface area contributed by atoms with Crippen LogP contribution in [0.1, 0.15) is 41.0 Å². The third-order valence-electron chi connectivity index (χ3n) is 6.75. The average Bonchev–Trinajstić information content (AvgIpc) is 2.81. The molecule has 1 fully saturated rings. The van der Waals surface area contributed by atoms with Crippen LogP contribution in [-0.2, 0) is 5.54 Å². The van der Waals surface area contributed by atoms with Crippen LogP contribution in [0.15, 0.2) is 35.4 Å². The van der Waals surface area contributed by atoms with E-state index in [-0.39, 0.29) is 10.9 Å². The number of allylic oxidation sites excluding steroid dienone is 3. The van der Waals surface area contributed by atoms with Crippen molar-refractivity contribution in [1.82, 2.24) is 4.90 Å². The Morgan fingerprint density at radius 2 is 2.00 bits per heavy atom. The molecule has 22 heavy (non-hydrogen) atoms. The Morgan fingerprint density at radius 1 is 1.23 bits per heavy atom. The van der Waals surface area contributed by atoms with Gasteiger partial charge in [-0.05, 0) is 67.1 Å². The number of aryl methyl sites for hydroxylation is 2. The highest BCUT2D eigenvalue weighted by Gasteiger charge is 2.59. The summed E-state index contributed by atoms with van der Waals surface area (Å²) in [6, 6.07) is 4.93. The fraction of sp³-hybridized carbons (Fsp3) is 0.500. The van der Waals surface area contributed by atoms with E-state index in [1.165, 1.54) is 24.0 Å². The van der Waals surface area contributed by atoms with Crippen LogP contribution < -0.4 is 0 Å². The van der Waals surface area contributed by atoms with Gasteiger partial charge in [-0.15, -0.1) is 11.6 Å². The maximum absolute atomic E-state index is 6.66. The third-order valence-corrected chi connectivity index (χ3v) is 7.20. The van der Waals surface area contributed by atoms with Gasteiger partial charge in [0.05, 0.1) is 10.9 Å². The summed E-state index contributed by atoms with van der Waals surface area (Å²) in [4.78, 5) is 2.60. The summed E-state index contributed by atoms with van der Waals surface area (Å²) in [7, 11) is 2.30. The molecule has 0 aromatic heterocycles. The van der Waals surface area contributed by atoms with Gasteiger partial charge < -0.3 is 0 Å². The molecule has 6 rings (SSSR count). The van der Waals surface area contributed by atoms with Crippen molar-refractivity contribution in [2.75, 3.05) is 13.6 Å². The summed E-state index contributed by atoms with van der Waals surface area (Å²) >= 11 is 6.66. The zero-order valence-electron chi connectivity index (χ0n) is 13.5. The fourth-order valence-corrected chi connectivity index (χ4v) is 5.90. The molecule has 1 saturated heterocycles. The molecular formula is C20H22ClN. The van der Waals surface area contributed by atoms with Crippen molar-refractivity contribution >= 4 is 11.6 Å². The van der Waals surface area contributed by atoms with Crippen molar-refractivity contribution in [3.63, 3.8) is 0 Å². The van der Waals surface area contributed by atoms with Gasteiger partial charge in [-0.2, -0.15) is 0 Å². The Balaban J connectivity index is 1.86. The predicted molar refractivity (Wildman–Crippen MR) is 91.5 cm³/mol. The lowest BCUT2D eigenvalue weighted by atomic mass is 9.57. The summed E-state index contributed by atoms with van der Waals surface area (Å²) in [5.41, 5.74) is 9.39. The molecule has 0 radical (unpaired) electrons. The second-order valence-electron chi connectivity index (χ2n) is 7.63. The quantitative estimate of drug-likeness (QED) is 0.641. The highest BCUT2D eigenvalue weighted by Crippen LogP contribution is 2.64. The molecule has 1 aromatic rings. The Kier molecular flexibility index (Phi) is 2.48. The Morgan fingerprint density at radius 3 is 2.82 bits per heavy atom. The van der Waals surface area contributed by atoms with Crippen LogP contribution in [-0.4, -0.2) is 23.9 Å². The lowest BCUT2D eigenvalue weighted by Crippen LogP contribution is -2.47. The molecule has 1 aromatic carbocycles. The number of rotatable bonds is 0. The number of hydrogen-bond acceptors (Lipinski definition) is 1. The van der Waals surface area contributed by atoms with E-state index in [0.29, 0.717) is 11.8 Å². The van der Waals surface area contributed by atoms with Crippen molar-refractivity contribution in [3.05, 3.63) is 57.7 Å². The number of hydrogen-bond donors (Lipinski definition) is 0. The first-order valence-corrected chi connectivity index (χ1v) is 8.87. The minimum Gasteiger partial charge on any atom is -0.292 e. The van der Waals surface area contributed by atoms with E-state index in [4.69, 9.17) is 11.6 Å². The van der Waals surface area contributed by atoms with Crippen LogP contribution in [0, 0.1) is 19.8 Å². The summed E-state index contributed by atoms with van der Waals surface area (Å²) in [5.74, 6) is 1.10. The first-order valence-electron chi connectivity index (χ1n) is 8.43. The zero-order chi connectivity index (χ0) is 15.2. The Labute approximate surface area is 137 Å². The maximum Gasteiger partial charge on any atom is 0.0685 e. The van der Waals surface area contributed by atoms with E-state index in [1.54, 1.807) is 22.3 Å². The van der Waals surface area contributed by atoms with E-state index in [0.717, 1.165) is 6.54 Å². The van der Waals surface area contributed by atoms with E-state index in [9.17, 15) is 0 Å². The molecule has 0 saturated carbocycles. The van der Waals surface area contributed by atoms with Gasteiger partial charge in [0.25, 0.3) is 0 Å². The summed E-state index contributed by atoms with van der Waals surface area (Å²) < 4.78 is 0. The fourth-order valence-electron chi connectivity index (χ4n) is 5.62. The highest BCUT2D eigenvalue weighted by molar-refractivity contribution is 6.22. The Hall–Kier alpha value is -1.05. The normalized spacial score (nSPS) is 38.5. The summed E-state index contributed by atoms with van der Waals surface area (Å²) in [6.45, 7) is 5.59. The summed E-state index contributed by atoms with van der Waals surface area (Å²) in [6.07, 6.45) is 7.12. The zero-order valence-corrected chi connectivity index (χ0v) is 14.2. The van der Waals surface area contributed by atoms with E-state index >= 15 is 0 Å². The molecule has 0 amide bonds. The summed E-state index contributed by atoms with van der Waals surface area (Å²) in [5, 5.41) is 0.162. The van der Waals surface area contributed by atoms with Gasteiger partial charge in [-0.1, -0.05) is 24.3 Å². The topological polar surface area (TPSA) is 3.24 Å². The molecular weight excluding hydrogens is 290 g/mol.